The van der Waals surface area contributed by atoms with Gasteiger partial charge in [-0.15, -0.1) is 0 Å². The van der Waals surface area contributed by atoms with Gasteiger partial charge in [-0.05, 0) is 43.0 Å². The molecule has 1 nitrogen and oxygen atoms in total. The van der Waals surface area contributed by atoms with E-state index in [1.165, 1.54) is 30.9 Å². The second kappa shape index (κ2) is 5.18. The molecular weight excluding hydrogens is 213 g/mol. The van der Waals surface area contributed by atoms with Crippen molar-refractivity contribution >= 4 is 0 Å². The van der Waals surface area contributed by atoms with Crippen molar-refractivity contribution in [3.8, 4) is 0 Å². The Hall–Kier alpha value is -0.890. The summed E-state index contributed by atoms with van der Waals surface area (Å²) in [5.74, 6) is 0.553. The molecule has 0 spiro atoms. The van der Waals surface area contributed by atoms with Crippen LogP contribution in [0.3, 0.4) is 0 Å². The van der Waals surface area contributed by atoms with Crippen molar-refractivity contribution in [3.63, 3.8) is 0 Å². The Morgan fingerprint density at radius 1 is 1.35 bits per heavy atom. The SMILES string of the molecule is CC(C)CNCC1(c2cccc(F)c2)CCC1. The van der Waals surface area contributed by atoms with Gasteiger partial charge >= 0.3 is 0 Å². The average Bonchev–Trinajstić information content (AvgIpc) is 2.21. The Morgan fingerprint density at radius 3 is 2.65 bits per heavy atom. The second-order valence-electron chi connectivity index (χ2n) is 5.67. The first-order valence-electron chi connectivity index (χ1n) is 6.59. The molecule has 1 saturated carbocycles. The van der Waals surface area contributed by atoms with Crippen molar-refractivity contribution in [1.29, 1.82) is 0 Å². The molecule has 0 atom stereocenters. The standard InChI is InChI=1S/C15H22FN/c1-12(2)10-17-11-15(7-4-8-15)13-5-3-6-14(16)9-13/h3,5-6,9,12,17H,4,7-8,10-11H2,1-2H3. The van der Waals surface area contributed by atoms with E-state index in [0.29, 0.717) is 5.92 Å². The molecule has 0 amide bonds. The fourth-order valence-electron chi connectivity index (χ4n) is 2.59. The zero-order valence-corrected chi connectivity index (χ0v) is 10.8. The molecule has 0 heterocycles. The zero-order valence-electron chi connectivity index (χ0n) is 10.8. The second-order valence-corrected chi connectivity index (χ2v) is 5.67. The van der Waals surface area contributed by atoms with Crippen LogP contribution < -0.4 is 5.32 Å². The lowest BCUT2D eigenvalue weighted by molar-refractivity contribution is 0.230. The van der Waals surface area contributed by atoms with Crippen LogP contribution in [0, 0.1) is 11.7 Å². The summed E-state index contributed by atoms with van der Waals surface area (Å²) >= 11 is 0. The monoisotopic (exact) mass is 235 g/mol. The van der Waals surface area contributed by atoms with Gasteiger partial charge in [0.2, 0.25) is 0 Å². The molecule has 1 aliphatic rings. The van der Waals surface area contributed by atoms with Crippen LogP contribution in [0.2, 0.25) is 0 Å². The summed E-state index contributed by atoms with van der Waals surface area (Å²) in [6.45, 7) is 6.44. The number of nitrogens with one attached hydrogen (secondary N) is 1. The number of hydrogen-bond donors (Lipinski definition) is 1. The molecule has 17 heavy (non-hydrogen) atoms. The van der Waals surface area contributed by atoms with E-state index in [2.05, 4.69) is 25.2 Å². The van der Waals surface area contributed by atoms with E-state index in [1.807, 2.05) is 6.07 Å². The van der Waals surface area contributed by atoms with Crippen LogP contribution in [-0.4, -0.2) is 13.1 Å². The molecule has 1 aromatic rings. The van der Waals surface area contributed by atoms with E-state index in [1.54, 1.807) is 6.07 Å². The Labute approximate surface area is 103 Å². The van der Waals surface area contributed by atoms with Crippen LogP contribution in [0.1, 0.15) is 38.7 Å². The first-order valence-corrected chi connectivity index (χ1v) is 6.59. The van der Waals surface area contributed by atoms with Gasteiger partial charge in [-0.2, -0.15) is 0 Å². The largest absolute Gasteiger partial charge is 0.316 e. The van der Waals surface area contributed by atoms with Crippen molar-refractivity contribution in [2.75, 3.05) is 13.1 Å². The minimum Gasteiger partial charge on any atom is -0.316 e. The van der Waals surface area contributed by atoms with Gasteiger partial charge in [0, 0.05) is 12.0 Å². The normalized spacial score (nSPS) is 18.1. The van der Waals surface area contributed by atoms with Crippen LogP contribution in [0.15, 0.2) is 24.3 Å². The van der Waals surface area contributed by atoms with E-state index in [4.69, 9.17) is 0 Å². The van der Waals surface area contributed by atoms with Crippen molar-refractivity contribution in [2.45, 2.75) is 38.5 Å². The van der Waals surface area contributed by atoms with Gasteiger partial charge in [0.05, 0.1) is 0 Å². The predicted octanol–water partition coefficient (Wildman–Crippen LogP) is 3.49. The molecule has 0 saturated heterocycles. The van der Waals surface area contributed by atoms with Crippen molar-refractivity contribution in [3.05, 3.63) is 35.6 Å². The molecule has 1 aliphatic carbocycles. The quantitative estimate of drug-likeness (QED) is 0.823. The highest BCUT2D eigenvalue weighted by Gasteiger charge is 2.38. The molecular formula is C15H22FN. The summed E-state index contributed by atoms with van der Waals surface area (Å²) in [5.41, 5.74) is 1.36. The van der Waals surface area contributed by atoms with E-state index in [9.17, 15) is 4.39 Å². The number of hydrogen-bond acceptors (Lipinski definition) is 1. The molecule has 0 aromatic heterocycles. The van der Waals surface area contributed by atoms with E-state index < -0.39 is 0 Å². The molecule has 2 rings (SSSR count). The number of rotatable bonds is 5. The lowest BCUT2D eigenvalue weighted by atomic mass is 9.64. The summed E-state index contributed by atoms with van der Waals surface area (Å²) in [6.07, 6.45) is 3.63. The number of benzene rings is 1. The van der Waals surface area contributed by atoms with E-state index in [0.717, 1.165) is 13.1 Å². The van der Waals surface area contributed by atoms with Crippen LogP contribution in [-0.2, 0) is 5.41 Å². The van der Waals surface area contributed by atoms with Crippen molar-refractivity contribution < 1.29 is 4.39 Å². The summed E-state index contributed by atoms with van der Waals surface area (Å²) in [7, 11) is 0. The minimum absolute atomic E-state index is 0.113. The van der Waals surface area contributed by atoms with Crippen LogP contribution in [0.5, 0.6) is 0 Å². The maximum absolute atomic E-state index is 13.3. The molecule has 0 unspecified atom stereocenters. The first-order chi connectivity index (χ1) is 8.12. The third kappa shape index (κ3) is 2.86. The van der Waals surface area contributed by atoms with Gasteiger partial charge in [0.25, 0.3) is 0 Å². The maximum atomic E-state index is 13.3. The highest BCUT2D eigenvalue weighted by Crippen LogP contribution is 2.43. The Kier molecular flexibility index (Phi) is 3.82. The molecule has 94 valence electrons. The first kappa shape index (κ1) is 12.6. The molecule has 2 heteroatoms. The highest BCUT2D eigenvalue weighted by atomic mass is 19.1. The summed E-state index contributed by atoms with van der Waals surface area (Å²) in [4.78, 5) is 0. The Morgan fingerprint density at radius 2 is 2.12 bits per heavy atom. The van der Waals surface area contributed by atoms with E-state index in [-0.39, 0.29) is 11.2 Å². The van der Waals surface area contributed by atoms with Crippen molar-refractivity contribution in [1.82, 2.24) is 5.32 Å². The van der Waals surface area contributed by atoms with Gasteiger partial charge in [-0.1, -0.05) is 32.4 Å². The van der Waals surface area contributed by atoms with Gasteiger partial charge < -0.3 is 5.32 Å². The minimum atomic E-state index is -0.113. The van der Waals surface area contributed by atoms with Crippen LogP contribution in [0.4, 0.5) is 4.39 Å². The maximum Gasteiger partial charge on any atom is 0.123 e. The molecule has 1 N–H and O–H groups in total. The van der Waals surface area contributed by atoms with Gasteiger partial charge in [0.15, 0.2) is 0 Å². The fraction of sp³-hybridized carbons (Fsp3) is 0.600. The predicted molar refractivity (Wildman–Crippen MR) is 69.6 cm³/mol. The molecule has 0 aliphatic heterocycles. The van der Waals surface area contributed by atoms with Gasteiger partial charge in [0.1, 0.15) is 5.82 Å². The lowest BCUT2D eigenvalue weighted by Gasteiger charge is -2.43. The molecule has 1 fully saturated rings. The van der Waals surface area contributed by atoms with Crippen LogP contribution in [0.25, 0.3) is 0 Å². The molecule has 0 radical (unpaired) electrons. The molecule has 1 aromatic carbocycles. The summed E-state index contributed by atoms with van der Waals surface area (Å²) < 4.78 is 13.3. The molecule has 0 bridgehead atoms. The topological polar surface area (TPSA) is 12.0 Å². The Balaban J connectivity index is 2.04. The number of halogens is 1. The van der Waals surface area contributed by atoms with E-state index >= 15 is 0 Å². The summed E-state index contributed by atoms with van der Waals surface area (Å²) in [6, 6.07) is 7.13. The lowest BCUT2D eigenvalue weighted by Crippen LogP contribution is -2.44. The van der Waals surface area contributed by atoms with Crippen molar-refractivity contribution in [2.24, 2.45) is 5.92 Å². The van der Waals surface area contributed by atoms with Gasteiger partial charge in [-0.25, -0.2) is 4.39 Å². The third-order valence-electron chi connectivity index (χ3n) is 3.76. The van der Waals surface area contributed by atoms with Gasteiger partial charge in [-0.3, -0.25) is 0 Å². The smallest absolute Gasteiger partial charge is 0.123 e. The highest BCUT2D eigenvalue weighted by molar-refractivity contribution is 5.29. The average molecular weight is 235 g/mol. The summed E-state index contributed by atoms with van der Waals surface area (Å²) in [5, 5.41) is 3.52. The van der Waals surface area contributed by atoms with Crippen LogP contribution >= 0.6 is 0 Å². The Bertz CT molecular complexity index is 369. The zero-order chi connectivity index (χ0) is 12.3. The fourth-order valence-corrected chi connectivity index (χ4v) is 2.59. The third-order valence-corrected chi connectivity index (χ3v) is 3.76.